The van der Waals surface area contributed by atoms with Gasteiger partial charge in [0.1, 0.15) is 0 Å². The highest BCUT2D eigenvalue weighted by atomic mass is 35.5. The van der Waals surface area contributed by atoms with Crippen LogP contribution < -0.4 is 9.47 Å². The molecule has 0 saturated carbocycles. The normalized spacial score (nSPS) is 10.1. The summed E-state index contributed by atoms with van der Waals surface area (Å²) in [6.45, 7) is 0. The van der Waals surface area contributed by atoms with Gasteiger partial charge in [0, 0.05) is 0 Å². The fraction of sp³-hybridized carbons (Fsp3) is 0.100. The molecule has 0 aliphatic rings. The lowest BCUT2D eigenvalue weighted by Crippen LogP contribution is -1.96. The van der Waals surface area contributed by atoms with E-state index in [-0.39, 0.29) is 16.6 Å². The molecule has 1 heterocycles. The molecule has 1 aromatic heterocycles. The van der Waals surface area contributed by atoms with E-state index in [4.69, 9.17) is 32.7 Å². The maximum atomic E-state index is 5.63. The lowest BCUT2D eigenvalue weighted by atomic mass is 10.3. The van der Waals surface area contributed by atoms with Crippen LogP contribution in [0.3, 0.4) is 0 Å². The topological polar surface area (TPSA) is 57.1 Å². The zero-order valence-electron chi connectivity index (χ0n) is 8.72. The highest BCUT2D eigenvalue weighted by Gasteiger charge is 2.09. The van der Waals surface area contributed by atoms with Crippen LogP contribution in [0.4, 0.5) is 0 Å². The minimum Gasteiger partial charge on any atom is -0.493 e. The molecular formula is C10H7Cl2N3O2. The number of benzene rings is 1. The summed E-state index contributed by atoms with van der Waals surface area (Å²) in [5, 5.41) is -0.0650. The third kappa shape index (κ3) is 2.95. The monoisotopic (exact) mass is 271 g/mol. The van der Waals surface area contributed by atoms with Crippen LogP contribution >= 0.6 is 23.2 Å². The second kappa shape index (κ2) is 5.16. The van der Waals surface area contributed by atoms with Gasteiger partial charge in [-0.05, 0) is 35.3 Å². The number of hydrogen-bond donors (Lipinski definition) is 0. The van der Waals surface area contributed by atoms with E-state index in [9.17, 15) is 0 Å². The molecule has 0 aliphatic heterocycles. The molecule has 0 bridgehead atoms. The van der Waals surface area contributed by atoms with Gasteiger partial charge in [-0.25, -0.2) is 0 Å². The summed E-state index contributed by atoms with van der Waals surface area (Å²) in [5.41, 5.74) is 0. The van der Waals surface area contributed by atoms with Gasteiger partial charge in [0.15, 0.2) is 11.5 Å². The molecule has 0 amide bonds. The van der Waals surface area contributed by atoms with Crippen LogP contribution in [0.15, 0.2) is 24.3 Å². The summed E-state index contributed by atoms with van der Waals surface area (Å²) in [5.74, 6) is 1.02. The highest BCUT2D eigenvalue weighted by Crippen LogP contribution is 2.29. The molecule has 0 spiro atoms. The van der Waals surface area contributed by atoms with Crippen molar-refractivity contribution in [1.29, 1.82) is 0 Å². The first-order valence-corrected chi connectivity index (χ1v) is 5.32. The molecule has 88 valence electrons. The van der Waals surface area contributed by atoms with Crippen molar-refractivity contribution in [3.63, 3.8) is 0 Å². The Morgan fingerprint density at radius 2 is 1.53 bits per heavy atom. The fourth-order valence-electron chi connectivity index (χ4n) is 1.16. The number of hydrogen-bond acceptors (Lipinski definition) is 5. The van der Waals surface area contributed by atoms with Crippen LogP contribution in [-0.2, 0) is 0 Å². The van der Waals surface area contributed by atoms with E-state index in [0.29, 0.717) is 11.5 Å². The molecule has 2 aromatic rings. The molecule has 5 nitrogen and oxygen atoms in total. The molecule has 0 fully saturated rings. The van der Waals surface area contributed by atoms with Crippen molar-refractivity contribution in [2.45, 2.75) is 0 Å². The molecule has 0 atom stereocenters. The minimum atomic E-state index is -0.0325. The fourth-order valence-corrected chi connectivity index (χ4v) is 1.50. The number of nitrogens with zero attached hydrogens (tertiary/aromatic N) is 3. The Balaban J connectivity index is 2.31. The number of para-hydroxylation sites is 2. The van der Waals surface area contributed by atoms with E-state index < -0.39 is 0 Å². The van der Waals surface area contributed by atoms with Gasteiger partial charge in [0.2, 0.25) is 10.6 Å². The molecule has 1 aromatic carbocycles. The van der Waals surface area contributed by atoms with Gasteiger partial charge in [-0.2, -0.15) is 15.0 Å². The van der Waals surface area contributed by atoms with Crippen LogP contribution in [-0.4, -0.2) is 22.1 Å². The first-order chi connectivity index (χ1) is 8.19. The van der Waals surface area contributed by atoms with Crippen molar-refractivity contribution < 1.29 is 9.47 Å². The molecule has 0 N–H and O–H groups in total. The average molecular weight is 272 g/mol. The zero-order chi connectivity index (χ0) is 12.3. The Bertz CT molecular complexity index is 516. The molecule has 0 aliphatic carbocycles. The Hall–Kier alpha value is -1.59. The number of ether oxygens (including phenoxy) is 2. The van der Waals surface area contributed by atoms with Crippen molar-refractivity contribution in [3.8, 4) is 17.5 Å². The van der Waals surface area contributed by atoms with E-state index >= 15 is 0 Å². The average Bonchev–Trinajstić information content (AvgIpc) is 2.28. The van der Waals surface area contributed by atoms with Gasteiger partial charge in [-0.3, -0.25) is 0 Å². The summed E-state index contributed by atoms with van der Waals surface area (Å²) in [6, 6.07) is 7.09. The minimum absolute atomic E-state index is 0.0134. The van der Waals surface area contributed by atoms with Gasteiger partial charge < -0.3 is 9.47 Å². The first-order valence-electron chi connectivity index (χ1n) is 4.57. The molecule has 2 rings (SSSR count). The zero-order valence-corrected chi connectivity index (χ0v) is 10.2. The maximum Gasteiger partial charge on any atom is 0.327 e. The maximum absolute atomic E-state index is 5.63. The van der Waals surface area contributed by atoms with E-state index in [1.807, 2.05) is 6.07 Å². The summed E-state index contributed by atoms with van der Waals surface area (Å²) >= 11 is 11.3. The quantitative estimate of drug-likeness (QED) is 0.859. The van der Waals surface area contributed by atoms with Crippen LogP contribution in [0.2, 0.25) is 10.6 Å². The van der Waals surface area contributed by atoms with Crippen LogP contribution in [0.5, 0.6) is 17.5 Å². The predicted molar refractivity (Wildman–Crippen MR) is 62.9 cm³/mol. The molecule has 17 heavy (non-hydrogen) atoms. The van der Waals surface area contributed by atoms with Crippen LogP contribution in [0, 0.1) is 0 Å². The Morgan fingerprint density at radius 3 is 2.12 bits per heavy atom. The van der Waals surface area contributed by atoms with E-state index in [0.717, 1.165) is 0 Å². The van der Waals surface area contributed by atoms with Crippen molar-refractivity contribution in [2.24, 2.45) is 0 Å². The van der Waals surface area contributed by atoms with Crippen LogP contribution in [0.1, 0.15) is 0 Å². The van der Waals surface area contributed by atoms with E-state index in [2.05, 4.69) is 15.0 Å². The summed E-state index contributed by atoms with van der Waals surface area (Å²) in [4.78, 5) is 11.2. The SMILES string of the molecule is COc1ccccc1Oc1nc(Cl)nc(Cl)n1. The molecule has 0 unspecified atom stereocenters. The Kier molecular flexibility index (Phi) is 3.61. The van der Waals surface area contributed by atoms with Gasteiger partial charge in [-0.15, -0.1) is 0 Å². The highest BCUT2D eigenvalue weighted by molar-refractivity contribution is 6.31. The molecule has 0 radical (unpaired) electrons. The second-order valence-corrected chi connectivity index (χ2v) is 3.59. The second-order valence-electron chi connectivity index (χ2n) is 2.91. The third-order valence-corrected chi connectivity index (χ3v) is 2.17. The van der Waals surface area contributed by atoms with Crippen molar-refractivity contribution >= 4 is 23.2 Å². The number of halogens is 2. The number of methoxy groups -OCH3 is 1. The van der Waals surface area contributed by atoms with Crippen LogP contribution in [0.25, 0.3) is 0 Å². The third-order valence-electron chi connectivity index (χ3n) is 1.83. The smallest absolute Gasteiger partial charge is 0.327 e. The van der Waals surface area contributed by atoms with Crippen molar-refractivity contribution in [1.82, 2.24) is 15.0 Å². The summed E-state index contributed by atoms with van der Waals surface area (Å²) in [7, 11) is 1.54. The lowest BCUT2D eigenvalue weighted by molar-refractivity contribution is 0.367. The van der Waals surface area contributed by atoms with Gasteiger partial charge in [-0.1, -0.05) is 12.1 Å². The Labute approximate surface area is 107 Å². The number of aromatic nitrogens is 3. The van der Waals surface area contributed by atoms with Gasteiger partial charge >= 0.3 is 6.01 Å². The largest absolute Gasteiger partial charge is 0.493 e. The lowest BCUT2D eigenvalue weighted by Gasteiger charge is -2.08. The van der Waals surface area contributed by atoms with E-state index in [1.54, 1.807) is 18.2 Å². The van der Waals surface area contributed by atoms with Crippen molar-refractivity contribution in [2.75, 3.05) is 7.11 Å². The molecule has 0 saturated heterocycles. The molecular weight excluding hydrogens is 265 g/mol. The first kappa shape index (κ1) is 11.9. The summed E-state index contributed by atoms with van der Waals surface area (Å²) < 4.78 is 10.5. The molecule has 7 heteroatoms. The Morgan fingerprint density at radius 1 is 0.941 bits per heavy atom. The number of rotatable bonds is 3. The van der Waals surface area contributed by atoms with E-state index in [1.165, 1.54) is 7.11 Å². The predicted octanol–water partition coefficient (Wildman–Crippen LogP) is 2.98. The van der Waals surface area contributed by atoms with Gasteiger partial charge in [0.25, 0.3) is 0 Å². The van der Waals surface area contributed by atoms with Gasteiger partial charge in [0.05, 0.1) is 7.11 Å². The summed E-state index contributed by atoms with van der Waals surface area (Å²) in [6.07, 6.45) is 0. The van der Waals surface area contributed by atoms with Crippen molar-refractivity contribution in [3.05, 3.63) is 34.8 Å². The standard InChI is InChI=1S/C10H7Cl2N3O2/c1-16-6-4-2-3-5-7(6)17-10-14-8(11)13-9(12)15-10/h2-5H,1H3.